The quantitative estimate of drug-likeness (QED) is 0.303. The highest BCUT2D eigenvalue weighted by molar-refractivity contribution is 5.99. The molecule has 0 aliphatic heterocycles. The summed E-state index contributed by atoms with van der Waals surface area (Å²) in [5.41, 5.74) is 0.153. The van der Waals surface area contributed by atoms with Gasteiger partial charge in [0.2, 0.25) is 0 Å². The van der Waals surface area contributed by atoms with Gasteiger partial charge in [0.1, 0.15) is 12.3 Å². The Bertz CT molecular complexity index is 878. The topological polar surface area (TPSA) is 125 Å². The largest absolute Gasteiger partial charge is 0.494 e. The molecule has 0 atom stereocenters. The first-order valence-corrected chi connectivity index (χ1v) is 8.35. The minimum Gasteiger partial charge on any atom is -0.494 e. The van der Waals surface area contributed by atoms with Crippen LogP contribution in [-0.4, -0.2) is 42.3 Å². The third-order valence-electron chi connectivity index (χ3n) is 3.56. The summed E-state index contributed by atoms with van der Waals surface area (Å²) in [7, 11) is 0. The first-order valence-electron chi connectivity index (χ1n) is 8.35. The third kappa shape index (κ3) is 5.90. The van der Waals surface area contributed by atoms with Crippen molar-refractivity contribution in [2.75, 3.05) is 19.8 Å². The fourth-order valence-corrected chi connectivity index (χ4v) is 2.20. The number of hydrogen-bond acceptors (Lipinski definition) is 7. The Morgan fingerprint density at radius 2 is 1.79 bits per heavy atom. The van der Waals surface area contributed by atoms with Gasteiger partial charge in [-0.15, -0.1) is 0 Å². The molecule has 0 unspecified atom stereocenters. The van der Waals surface area contributed by atoms with E-state index in [2.05, 4.69) is 5.32 Å². The van der Waals surface area contributed by atoms with Gasteiger partial charge in [-0.05, 0) is 37.3 Å². The zero-order valence-corrected chi connectivity index (χ0v) is 15.0. The van der Waals surface area contributed by atoms with E-state index in [0.717, 1.165) is 6.07 Å². The van der Waals surface area contributed by atoms with Gasteiger partial charge >= 0.3 is 5.97 Å². The fraction of sp³-hybridized carbons (Fsp3) is 0.211. The highest BCUT2D eigenvalue weighted by Gasteiger charge is 2.14. The second kappa shape index (κ2) is 9.81. The predicted octanol–water partition coefficient (Wildman–Crippen LogP) is 2.15. The molecule has 0 spiro atoms. The van der Waals surface area contributed by atoms with Crippen molar-refractivity contribution in [3.63, 3.8) is 0 Å². The van der Waals surface area contributed by atoms with Crippen molar-refractivity contribution in [3.8, 4) is 5.75 Å². The number of ether oxygens (including phenoxy) is 2. The van der Waals surface area contributed by atoms with Crippen LogP contribution in [0.5, 0.6) is 5.75 Å². The Kier molecular flexibility index (Phi) is 7.21. The van der Waals surface area contributed by atoms with Gasteiger partial charge < -0.3 is 14.8 Å². The number of nitro groups is 1. The number of ketones is 1. The van der Waals surface area contributed by atoms with Crippen LogP contribution in [0.15, 0.2) is 48.5 Å². The molecule has 2 rings (SSSR count). The molecule has 28 heavy (non-hydrogen) atoms. The summed E-state index contributed by atoms with van der Waals surface area (Å²) < 4.78 is 10.1. The van der Waals surface area contributed by atoms with Crippen molar-refractivity contribution in [2.45, 2.75) is 6.92 Å². The molecule has 1 N–H and O–H groups in total. The molecule has 1 amide bonds. The molecule has 0 radical (unpaired) electrons. The van der Waals surface area contributed by atoms with Crippen molar-refractivity contribution >= 4 is 23.3 Å². The Hall–Kier alpha value is -3.75. The summed E-state index contributed by atoms with van der Waals surface area (Å²) in [4.78, 5) is 45.8. The monoisotopic (exact) mass is 386 g/mol. The van der Waals surface area contributed by atoms with E-state index in [-0.39, 0.29) is 11.3 Å². The number of esters is 1. The number of nitro benzene ring substituents is 1. The molecule has 0 bridgehead atoms. The smallest absolute Gasteiger partial charge is 0.325 e. The maximum absolute atomic E-state index is 12.0. The average Bonchev–Trinajstić information content (AvgIpc) is 2.71. The lowest BCUT2D eigenvalue weighted by Gasteiger charge is -2.07. The van der Waals surface area contributed by atoms with Gasteiger partial charge in [-0.25, -0.2) is 0 Å². The van der Waals surface area contributed by atoms with Crippen molar-refractivity contribution < 1.29 is 28.8 Å². The van der Waals surface area contributed by atoms with E-state index in [1.54, 1.807) is 24.3 Å². The number of non-ortho nitro benzene ring substituents is 1. The number of hydrogen-bond donors (Lipinski definition) is 1. The minimum absolute atomic E-state index is 0.0347. The lowest BCUT2D eigenvalue weighted by Crippen LogP contribution is -2.31. The number of nitrogens with zero attached hydrogens (tertiary/aromatic N) is 1. The number of Topliss-reactive ketones (excluding diaryl/α,β-unsaturated/α-hetero) is 1. The number of amides is 1. The summed E-state index contributed by atoms with van der Waals surface area (Å²) in [6.45, 7) is 1.40. The lowest BCUT2D eigenvalue weighted by molar-refractivity contribution is -0.384. The van der Waals surface area contributed by atoms with Gasteiger partial charge in [0.25, 0.3) is 11.6 Å². The number of carbonyl (C=O) groups excluding carboxylic acids is 3. The predicted molar refractivity (Wildman–Crippen MR) is 98.3 cm³/mol. The molecule has 0 heterocycles. The fourth-order valence-electron chi connectivity index (χ4n) is 2.20. The van der Waals surface area contributed by atoms with Crippen LogP contribution in [0.3, 0.4) is 0 Å². The molecule has 9 nitrogen and oxygen atoms in total. The standard InChI is InChI=1S/C19H18N2O7/c1-2-27-16-8-6-13(7-9-16)17(22)12-28-18(23)11-20-19(24)14-4-3-5-15(10-14)21(25)26/h3-10H,2,11-12H2,1H3,(H,20,24). The van der Waals surface area contributed by atoms with E-state index < -0.39 is 35.7 Å². The van der Waals surface area contributed by atoms with E-state index in [4.69, 9.17) is 9.47 Å². The van der Waals surface area contributed by atoms with E-state index >= 15 is 0 Å². The SMILES string of the molecule is CCOc1ccc(C(=O)COC(=O)CNC(=O)c2cccc([N+](=O)[O-])c2)cc1. The summed E-state index contributed by atoms with van der Waals surface area (Å²) in [5, 5.41) is 13.0. The Balaban J connectivity index is 1.80. The summed E-state index contributed by atoms with van der Waals surface area (Å²) in [6.07, 6.45) is 0. The van der Waals surface area contributed by atoms with Crippen LogP contribution in [0.25, 0.3) is 0 Å². The molecule has 0 aromatic heterocycles. The van der Waals surface area contributed by atoms with Gasteiger partial charge in [0.05, 0.1) is 11.5 Å². The first kappa shape index (κ1) is 20.6. The molecule has 0 aliphatic carbocycles. The zero-order chi connectivity index (χ0) is 20.5. The van der Waals surface area contributed by atoms with Crippen molar-refractivity contribution in [3.05, 3.63) is 69.8 Å². The van der Waals surface area contributed by atoms with Crippen LogP contribution in [0, 0.1) is 10.1 Å². The van der Waals surface area contributed by atoms with Gasteiger partial charge in [-0.2, -0.15) is 0 Å². The normalized spacial score (nSPS) is 10.0. The highest BCUT2D eigenvalue weighted by atomic mass is 16.6. The highest BCUT2D eigenvalue weighted by Crippen LogP contribution is 2.13. The molecule has 0 saturated heterocycles. The minimum atomic E-state index is -0.807. The maximum atomic E-state index is 12.0. The number of carbonyl (C=O) groups is 3. The lowest BCUT2D eigenvalue weighted by atomic mass is 10.1. The van der Waals surface area contributed by atoms with Crippen molar-refractivity contribution in [2.24, 2.45) is 0 Å². The molecule has 146 valence electrons. The number of nitrogens with one attached hydrogen (secondary N) is 1. The van der Waals surface area contributed by atoms with Crippen LogP contribution in [-0.2, 0) is 9.53 Å². The van der Waals surface area contributed by atoms with Gasteiger partial charge in [0.15, 0.2) is 12.4 Å². The Labute approximate surface area is 160 Å². The summed E-state index contributed by atoms with van der Waals surface area (Å²) in [5.74, 6) is -1.25. The summed E-state index contributed by atoms with van der Waals surface area (Å²) in [6, 6.07) is 11.5. The summed E-state index contributed by atoms with van der Waals surface area (Å²) >= 11 is 0. The average molecular weight is 386 g/mol. The van der Waals surface area contributed by atoms with Crippen LogP contribution < -0.4 is 10.1 Å². The van der Waals surface area contributed by atoms with Gasteiger partial charge in [-0.3, -0.25) is 24.5 Å². The van der Waals surface area contributed by atoms with Gasteiger partial charge in [-0.1, -0.05) is 6.07 Å². The van der Waals surface area contributed by atoms with E-state index in [0.29, 0.717) is 17.9 Å². The molecule has 2 aromatic rings. The van der Waals surface area contributed by atoms with Crippen LogP contribution >= 0.6 is 0 Å². The third-order valence-corrected chi connectivity index (χ3v) is 3.56. The van der Waals surface area contributed by atoms with Gasteiger partial charge in [0, 0.05) is 23.3 Å². The van der Waals surface area contributed by atoms with Crippen molar-refractivity contribution in [1.82, 2.24) is 5.32 Å². The molecular formula is C19H18N2O7. The molecular weight excluding hydrogens is 368 g/mol. The molecule has 0 fully saturated rings. The number of rotatable bonds is 9. The molecule has 0 aliphatic rings. The first-order chi connectivity index (χ1) is 13.4. The molecule has 2 aromatic carbocycles. The van der Waals surface area contributed by atoms with Crippen LogP contribution in [0.4, 0.5) is 5.69 Å². The maximum Gasteiger partial charge on any atom is 0.325 e. The molecule has 0 saturated carbocycles. The second-order valence-corrected chi connectivity index (χ2v) is 5.53. The molecule has 9 heteroatoms. The van der Waals surface area contributed by atoms with Crippen molar-refractivity contribution in [1.29, 1.82) is 0 Å². The van der Waals surface area contributed by atoms with E-state index in [1.807, 2.05) is 6.92 Å². The Morgan fingerprint density at radius 1 is 1.07 bits per heavy atom. The second-order valence-electron chi connectivity index (χ2n) is 5.53. The van der Waals surface area contributed by atoms with E-state index in [1.165, 1.54) is 18.2 Å². The van der Waals surface area contributed by atoms with E-state index in [9.17, 15) is 24.5 Å². The Morgan fingerprint density at radius 3 is 2.43 bits per heavy atom. The van der Waals surface area contributed by atoms with Crippen LogP contribution in [0.1, 0.15) is 27.6 Å². The number of benzene rings is 2. The zero-order valence-electron chi connectivity index (χ0n) is 15.0. The van der Waals surface area contributed by atoms with Crippen LogP contribution in [0.2, 0.25) is 0 Å².